The molecule has 0 radical (unpaired) electrons. The molecule has 7 nitrogen and oxygen atoms in total. The maximum atomic E-state index is 11.4. The standard InChI is InChI=1S/C12H16N2O5/c1-13(2)12(16)8-19-11-4-3-9(5-6-15)7-10(11)14(17)18/h3-4,7,15H,5-6,8H2,1-2H3. The molecule has 0 aromatic heterocycles. The first-order chi connectivity index (χ1) is 8.95. The number of hydrogen-bond donors (Lipinski definition) is 1. The number of rotatable bonds is 6. The van der Waals surface area contributed by atoms with Gasteiger partial charge < -0.3 is 14.7 Å². The molecule has 0 aliphatic carbocycles. The number of carbonyl (C=O) groups is 1. The van der Waals surface area contributed by atoms with Crippen LogP contribution in [-0.2, 0) is 11.2 Å². The molecule has 0 saturated carbocycles. The second-order valence-corrected chi connectivity index (χ2v) is 4.11. The van der Waals surface area contributed by atoms with Crippen molar-refractivity contribution < 1.29 is 19.6 Å². The van der Waals surface area contributed by atoms with Crippen LogP contribution in [0, 0.1) is 10.1 Å². The van der Waals surface area contributed by atoms with E-state index in [0.29, 0.717) is 12.0 Å². The highest BCUT2D eigenvalue weighted by Crippen LogP contribution is 2.28. The van der Waals surface area contributed by atoms with E-state index < -0.39 is 4.92 Å². The highest BCUT2D eigenvalue weighted by molar-refractivity contribution is 5.77. The normalized spacial score (nSPS) is 10.1. The number of likely N-dealkylation sites (N-methyl/N-ethyl adjacent to an activating group) is 1. The van der Waals surface area contributed by atoms with Crippen LogP contribution in [0.2, 0.25) is 0 Å². The van der Waals surface area contributed by atoms with Crippen molar-refractivity contribution in [3.05, 3.63) is 33.9 Å². The second kappa shape index (κ2) is 6.69. The zero-order chi connectivity index (χ0) is 14.4. The molecule has 0 saturated heterocycles. The molecule has 0 spiro atoms. The zero-order valence-electron chi connectivity index (χ0n) is 10.8. The van der Waals surface area contributed by atoms with Crippen LogP contribution in [0.15, 0.2) is 18.2 Å². The molecule has 0 heterocycles. The van der Waals surface area contributed by atoms with Crippen molar-refractivity contribution >= 4 is 11.6 Å². The van der Waals surface area contributed by atoms with Crippen molar-refractivity contribution in [2.75, 3.05) is 27.3 Å². The third kappa shape index (κ3) is 4.22. The van der Waals surface area contributed by atoms with E-state index in [1.54, 1.807) is 20.2 Å². The maximum Gasteiger partial charge on any atom is 0.311 e. The van der Waals surface area contributed by atoms with E-state index in [1.807, 2.05) is 0 Å². The smallest absolute Gasteiger partial charge is 0.311 e. The number of aliphatic hydroxyl groups is 1. The van der Waals surface area contributed by atoms with Gasteiger partial charge in [0.2, 0.25) is 0 Å². The summed E-state index contributed by atoms with van der Waals surface area (Å²) in [5.41, 5.74) is 0.429. The highest BCUT2D eigenvalue weighted by Gasteiger charge is 2.17. The molecule has 1 aromatic rings. The van der Waals surface area contributed by atoms with E-state index >= 15 is 0 Å². The number of nitro groups is 1. The molecular formula is C12H16N2O5. The Labute approximate surface area is 110 Å². The van der Waals surface area contributed by atoms with E-state index in [4.69, 9.17) is 9.84 Å². The highest BCUT2D eigenvalue weighted by atomic mass is 16.6. The summed E-state index contributed by atoms with van der Waals surface area (Å²) in [6.07, 6.45) is 0.331. The average Bonchev–Trinajstić information content (AvgIpc) is 2.36. The van der Waals surface area contributed by atoms with Crippen LogP contribution in [0.1, 0.15) is 5.56 Å². The summed E-state index contributed by atoms with van der Waals surface area (Å²) in [6.45, 7) is -0.344. The Hall–Kier alpha value is -2.15. The van der Waals surface area contributed by atoms with E-state index in [9.17, 15) is 14.9 Å². The number of nitrogens with zero attached hydrogens (tertiary/aromatic N) is 2. The minimum atomic E-state index is -0.573. The predicted molar refractivity (Wildman–Crippen MR) is 68.1 cm³/mol. The summed E-state index contributed by atoms with van der Waals surface area (Å²) in [5, 5.41) is 19.7. The topological polar surface area (TPSA) is 92.9 Å². The number of hydrogen-bond acceptors (Lipinski definition) is 5. The van der Waals surface area contributed by atoms with Gasteiger partial charge in [0.15, 0.2) is 12.4 Å². The molecule has 1 rings (SSSR count). The van der Waals surface area contributed by atoms with Gasteiger partial charge in [-0.15, -0.1) is 0 Å². The summed E-state index contributed by atoms with van der Waals surface area (Å²) in [7, 11) is 3.15. The Kier molecular flexibility index (Phi) is 5.25. The van der Waals surface area contributed by atoms with E-state index in [-0.39, 0.29) is 30.6 Å². The van der Waals surface area contributed by atoms with Gasteiger partial charge in [0.05, 0.1) is 4.92 Å². The third-order valence-corrected chi connectivity index (χ3v) is 2.47. The molecule has 0 unspecified atom stereocenters. The Morgan fingerprint density at radius 1 is 1.47 bits per heavy atom. The Morgan fingerprint density at radius 3 is 2.68 bits per heavy atom. The molecule has 0 aliphatic rings. The molecular weight excluding hydrogens is 252 g/mol. The molecule has 19 heavy (non-hydrogen) atoms. The van der Waals surface area contributed by atoms with Crippen molar-refractivity contribution in [3.8, 4) is 5.75 Å². The summed E-state index contributed by atoms with van der Waals surface area (Å²) < 4.78 is 5.16. The van der Waals surface area contributed by atoms with E-state index in [2.05, 4.69) is 0 Å². The maximum absolute atomic E-state index is 11.4. The molecule has 0 fully saturated rings. The minimum Gasteiger partial charge on any atom is -0.477 e. The van der Waals surface area contributed by atoms with Crippen molar-refractivity contribution in [3.63, 3.8) is 0 Å². The van der Waals surface area contributed by atoms with Crippen molar-refractivity contribution in [1.29, 1.82) is 0 Å². The lowest BCUT2D eigenvalue weighted by Gasteiger charge is -2.11. The van der Waals surface area contributed by atoms with Gasteiger partial charge in [0.1, 0.15) is 0 Å². The Balaban J connectivity index is 2.88. The first-order valence-electron chi connectivity index (χ1n) is 5.67. The monoisotopic (exact) mass is 268 g/mol. The Morgan fingerprint density at radius 2 is 2.16 bits per heavy atom. The molecule has 104 valence electrons. The minimum absolute atomic E-state index is 0.0434. The Bertz CT molecular complexity index is 473. The van der Waals surface area contributed by atoms with Crippen LogP contribution >= 0.6 is 0 Å². The van der Waals surface area contributed by atoms with Gasteiger partial charge in [0.25, 0.3) is 5.91 Å². The molecule has 0 bridgehead atoms. The van der Waals surface area contributed by atoms with Crippen LogP contribution in [0.25, 0.3) is 0 Å². The fraction of sp³-hybridized carbons (Fsp3) is 0.417. The van der Waals surface area contributed by atoms with Crippen LogP contribution in [0.3, 0.4) is 0 Å². The number of nitro benzene ring substituents is 1. The van der Waals surface area contributed by atoms with Gasteiger partial charge in [-0.3, -0.25) is 14.9 Å². The second-order valence-electron chi connectivity index (χ2n) is 4.11. The number of carbonyl (C=O) groups excluding carboxylic acids is 1. The number of aliphatic hydroxyl groups excluding tert-OH is 1. The molecule has 0 aliphatic heterocycles. The van der Waals surface area contributed by atoms with Gasteiger partial charge in [-0.25, -0.2) is 0 Å². The van der Waals surface area contributed by atoms with Crippen LogP contribution < -0.4 is 4.74 Å². The SMILES string of the molecule is CN(C)C(=O)COc1ccc(CCO)cc1[N+](=O)[O-]. The fourth-order valence-corrected chi connectivity index (χ4v) is 1.38. The summed E-state index contributed by atoms with van der Waals surface area (Å²) in [5.74, 6) is -0.240. The lowest BCUT2D eigenvalue weighted by atomic mass is 10.1. The van der Waals surface area contributed by atoms with Gasteiger partial charge in [0, 0.05) is 26.8 Å². The van der Waals surface area contributed by atoms with Crippen LogP contribution in [0.5, 0.6) is 5.75 Å². The number of benzene rings is 1. The molecule has 0 atom stereocenters. The zero-order valence-corrected chi connectivity index (χ0v) is 10.8. The first-order valence-corrected chi connectivity index (χ1v) is 5.67. The van der Waals surface area contributed by atoms with Gasteiger partial charge in [-0.1, -0.05) is 6.07 Å². The summed E-state index contributed by atoms with van der Waals surface area (Å²) >= 11 is 0. The molecule has 1 aromatic carbocycles. The predicted octanol–water partition coefficient (Wildman–Crippen LogP) is 0.597. The third-order valence-electron chi connectivity index (χ3n) is 2.47. The van der Waals surface area contributed by atoms with E-state index in [0.717, 1.165) is 0 Å². The largest absolute Gasteiger partial charge is 0.477 e. The van der Waals surface area contributed by atoms with Crippen molar-refractivity contribution in [2.45, 2.75) is 6.42 Å². The van der Waals surface area contributed by atoms with Gasteiger partial charge >= 0.3 is 5.69 Å². The first kappa shape index (κ1) is 14.9. The van der Waals surface area contributed by atoms with Crippen molar-refractivity contribution in [2.24, 2.45) is 0 Å². The summed E-state index contributed by atoms with van der Waals surface area (Å²) in [6, 6.07) is 4.40. The molecule has 1 N–H and O–H groups in total. The average molecular weight is 268 g/mol. The van der Waals surface area contributed by atoms with Crippen LogP contribution in [0.4, 0.5) is 5.69 Å². The van der Waals surface area contributed by atoms with Crippen LogP contribution in [-0.4, -0.2) is 48.1 Å². The lowest BCUT2D eigenvalue weighted by molar-refractivity contribution is -0.385. The molecule has 1 amide bonds. The lowest BCUT2D eigenvalue weighted by Crippen LogP contribution is -2.27. The van der Waals surface area contributed by atoms with Gasteiger partial charge in [-0.05, 0) is 18.1 Å². The molecule has 7 heteroatoms. The summed E-state index contributed by atoms with van der Waals surface area (Å²) in [4.78, 5) is 23.1. The quantitative estimate of drug-likeness (QED) is 0.602. The van der Waals surface area contributed by atoms with Gasteiger partial charge in [-0.2, -0.15) is 0 Å². The van der Waals surface area contributed by atoms with Crippen molar-refractivity contribution in [1.82, 2.24) is 4.90 Å². The number of amides is 1. The van der Waals surface area contributed by atoms with E-state index in [1.165, 1.54) is 17.0 Å². The fourth-order valence-electron chi connectivity index (χ4n) is 1.38. The number of ether oxygens (including phenoxy) is 1.